The number of nitrogens with zero attached hydrogens (tertiary/aromatic N) is 3. The summed E-state index contributed by atoms with van der Waals surface area (Å²) in [5.41, 5.74) is 0.211. The number of nitrogens with one attached hydrogen (secondary N) is 2. The van der Waals surface area contributed by atoms with Crippen LogP contribution < -0.4 is 10.6 Å². The normalized spacial score (nSPS) is 13.0. The summed E-state index contributed by atoms with van der Waals surface area (Å²) in [6.45, 7) is 17.4. The maximum absolute atomic E-state index is 4.32. The Morgan fingerprint density at radius 3 is 1.96 bits per heavy atom. The Labute approximate surface area is 161 Å². The van der Waals surface area contributed by atoms with Gasteiger partial charge in [0.2, 0.25) is 0 Å². The highest BCUT2D eigenvalue weighted by atomic mass is 127. The van der Waals surface area contributed by atoms with E-state index in [0.717, 1.165) is 32.1 Å². The second kappa shape index (κ2) is 12.3. The van der Waals surface area contributed by atoms with Gasteiger partial charge in [-0.05, 0) is 47.2 Å². The molecule has 0 heterocycles. The third-order valence-electron chi connectivity index (χ3n) is 3.69. The first-order chi connectivity index (χ1) is 10.1. The predicted octanol–water partition coefficient (Wildman–Crippen LogP) is 2.48. The summed E-state index contributed by atoms with van der Waals surface area (Å²) in [5, 5.41) is 6.86. The largest absolute Gasteiger partial charge is 0.356 e. The lowest BCUT2D eigenvalue weighted by Crippen LogP contribution is -2.48. The Bertz CT molecular complexity index is 319. The lowest BCUT2D eigenvalue weighted by atomic mass is 9.93. The second-order valence-corrected chi connectivity index (χ2v) is 7.68. The van der Waals surface area contributed by atoms with Crippen molar-refractivity contribution in [2.45, 2.75) is 53.6 Å². The molecule has 0 bridgehead atoms. The zero-order valence-corrected chi connectivity index (χ0v) is 19.1. The molecule has 0 unspecified atom stereocenters. The van der Waals surface area contributed by atoms with Gasteiger partial charge in [0, 0.05) is 45.3 Å². The van der Waals surface area contributed by atoms with Gasteiger partial charge < -0.3 is 15.5 Å². The van der Waals surface area contributed by atoms with E-state index in [2.05, 4.69) is 81.1 Å². The van der Waals surface area contributed by atoms with E-state index in [-0.39, 0.29) is 29.4 Å². The highest BCUT2D eigenvalue weighted by molar-refractivity contribution is 14.0. The Morgan fingerprint density at radius 2 is 1.57 bits per heavy atom. The molecule has 0 saturated heterocycles. The van der Waals surface area contributed by atoms with Crippen molar-refractivity contribution in [2.75, 3.05) is 47.3 Å². The number of rotatable bonds is 9. The molecule has 140 valence electrons. The van der Waals surface area contributed by atoms with E-state index >= 15 is 0 Å². The minimum absolute atomic E-state index is 0. The molecule has 0 saturated carbocycles. The predicted molar refractivity (Wildman–Crippen MR) is 114 cm³/mol. The van der Waals surface area contributed by atoms with Gasteiger partial charge in [0.1, 0.15) is 0 Å². The van der Waals surface area contributed by atoms with E-state index in [4.69, 9.17) is 0 Å². The summed E-state index contributed by atoms with van der Waals surface area (Å²) in [6.07, 6.45) is 0. The number of guanidine groups is 1. The molecule has 0 aromatic heterocycles. The Hall–Kier alpha value is -0.0800. The Kier molecular flexibility index (Phi) is 13.5. The van der Waals surface area contributed by atoms with Gasteiger partial charge in [-0.15, -0.1) is 24.0 Å². The molecule has 0 spiro atoms. The first kappa shape index (κ1) is 25.2. The topological polar surface area (TPSA) is 42.9 Å². The quantitative estimate of drug-likeness (QED) is 0.328. The molecule has 23 heavy (non-hydrogen) atoms. The SMILES string of the molecule is CN=C(NCCN(C(C)C)C(C)C)NCC(C)(C)CN(C)C.I. The van der Waals surface area contributed by atoms with Crippen molar-refractivity contribution in [1.29, 1.82) is 0 Å². The van der Waals surface area contributed by atoms with Gasteiger partial charge in [-0.25, -0.2) is 0 Å². The van der Waals surface area contributed by atoms with Gasteiger partial charge in [-0.3, -0.25) is 9.89 Å². The van der Waals surface area contributed by atoms with Gasteiger partial charge in [0.25, 0.3) is 0 Å². The molecule has 0 atom stereocenters. The zero-order chi connectivity index (χ0) is 17.3. The van der Waals surface area contributed by atoms with Crippen molar-refractivity contribution in [3.63, 3.8) is 0 Å². The molecule has 0 aliphatic rings. The van der Waals surface area contributed by atoms with Crippen LogP contribution >= 0.6 is 24.0 Å². The van der Waals surface area contributed by atoms with Gasteiger partial charge in [-0.1, -0.05) is 13.8 Å². The molecule has 5 nitrogen and oxygen atoms in total. The number of hydrogen-bond donors (Lipinski definition) is 2. The summed E-state index contributed by atoms with van der Waals surface area (Å²) in [6, 6.07) is 1.13. The van der Waals surface area contributed by atoms with Crippen LogP contribution in [0.4, 0.5) is 0 Å². The number of aliphatic imine (C=N–C) groups is 1. The third-order valence-corrected chi connectivity index (χ3v) is 3.69. The smallest absolute Gasteiger partial charge is 0.191 e. The maximum Gasteiger partial charge on any atom is 0.191 e. The van der Waals surface area contributed by atoms with E-state index in [1.807, 2.05) is 7.05 Å². The molecule has 0 aromatic rings. The highest BCUT2D eigenvalue weighted by Crippen LogP contribution is 2.13. The fraction of sp³-hybridized carbons (Fsp3) is 0.941. The molecule has 0 radical (unpaired) electrons. The number of hydrogen-bond acceptors (Lipinski definition) is 3. The fourth-order valence-corrected chi connectivity index (χ4v) is 2.87. The molecule has 0 aromatic carbocycles. The van der Waals surface area contributed by atoms with Crippen molar-refractivity contribution >= 4 is 29.9 Å². The van der Waals surface area contributed by atoms with Gasteiger partial charge in [0.05, 0.1) is 0 Å². The first-order valence-corrected chi connectivity index (χ1v) is 8.44. The lowest BCUT2D eigenvalue weighted by molar-refractivity contribution is 0.178. The van der Waals surface area contributed by atoms with Gasteiger partial charge in [-0.2, -0.15) is 0 Å². The van der Waals surface area contributed by atoms with Crippen molar-refractivity contribution in [2.24, 2.45) is 10.4 Å². The second-order valence-electron chi connectivity index (χ2n) is 7.68. The summed E-state index contributed by atoms with van der Waals surface area (Å²) >= 11 is 0. The fourth-order valence-electron chi connectivity index (χ4n) is 2.87. The molecule has 0 rings (SSSR count). The number of halogens is 1. The average Bonchev–Trinajstić information content (AvgIpc) is 2.35. The van der Waals surface area contributed by atoms with Crippen LogP contribution in [-0.2, 0) is 0 Å². The van der Waals surface area contributed by atoms with Crippen LogP contribution in [-0.4, -0.2) is 75.2 Å². The molecule has 2 N–H and O–H groups in total. The monoisotopic (exact) mass is 441 g/mol. The van der Waals surface area contributed by atoms with Crippen molar-refractivity contribution in [1.82, 2.24) is 20.4 Å². The summed E-state index contributed by atoms with van der Waals surface area (Å²) < 4.78 is 0. The van der Waals surface area contributed by atoms with E-state index in [1.165, 1.54) is 0 Å². The summed E-state index contributed by atoms with van der Waals surface area (Å²) in [5.74, 6) is 0.888. The average molecular weight is 441 g/mol. The highest BCUT2D eigenvalue weighted by Gasteiger charge is 2.19. The molecule has 0 amide bonds. The molecule has 0 aliphatic heterocycles. The van der Waals surface area contributed by atoms with Crippen LogP contribution in [0.15, 0.2) is 4.99 Å². The minimum Gasteiger partial charge on any atom is -0.356 e. The standard InChI is InChI=1S/C17H39N5.HI/c1-14(2)22(15(3)4)11-10-19-16(18-7)20-12-17(5,6)13-21(8)9;/h14-15H,10-13H2,1-9H3,(H2,18,19,20);1H. The first-order valence-electron chi connectivity index (χ1n) is 8.44. The summed E-state index contributed by atoms with van der Waals surface area (Å²) in [4.78, 5) is 9.02. The molecule has 0 fully saturated rings. The van der Waals surface area contributed by atoms with E-state index in [1.54, 1.807) is 0 Å². The molecule has 6 heteroatoms. The van der Waals surface area contributed by atoms with Crippen LogP contribution in [0.3, 0.4) is 0 Å². The lowest BCUT2D eigenvalue weighted by Gasteiger charge is -2.31. The van der Waals surface area contributed by atoms with Crippen LogP contribution in [0.1, 0.15) is 41.5 Å². The van der Waals surface area contributed by atoms with Crippen molar-refractivity contribution < 1.29 is 0 Å². The van der Waals surface area contributed by atoms with Gasteiger partial charge >= 0.3 is 0 Å². The van der Waals surface area contributed by atoms with Crippen LogP contribution in [0, 0.1) is 5.41 Å². The van der Waals surface area contributed by atoms with Gasteiger partial charge in [0.15, 0.2) is 5.96 Å². The van der Waals surface area contributed by atoms with Crippen LogP contribution in [0.5, 0.6) is 0 Å². The maximum atomic E-state index is 4.32. The Balaban J connectivity index is 0. The molecular formula is C17H40IN5. The summed E-state index contributed by atoms with van der Waals surface area (Å²) in [7, 11) is 6.05. The van der Waals surface area contributed by atoms with E-state index in [9.17, 15) is 0 Å². The molecular weight excluding hydrogens is 401 g/mol. The molecule has 0 aliphatic carbocycles. The van der Waals surface area contributed by atoms with Crippen LogP contribution in [0.25, 0.3) is 0 Å². The third kappa shape index (κ3) is 12.0. The zero-order valence-electron chi connectivity index (χ0n) is 16.7. The van der Waals surface area contributed by atoms with Crippen molar-refractivity contribution in [3.05, 3.63) is 0 Å². The van der Waals surface area contributed by atoms with Crippen molar-refractivity contribution in [3.8, 4) is 0 Å². The van der Waals surface area contributed by atoms with E-state index in [0.29, 0.717) is 12.1 Å². The Morgan fingerprint density at radius 1 is 1.04 bits per heavy atom. The van der Waals surface area contributed by atoms with Crippen LogP contribution in [0.2, 0.25) is 0 Å². The minimum atomic E-state index is 0. The van der Waals surface area contributed by atoms with E-state index < -0.39 is 0 Å².